The average molecular weight is 309 g/mol. The lowest BCUT2D eigenvalue weighted by molar-refractivity contribution is 1.11. The molecule has 0 unspecified atom stereocenters. The van der Waals surface area contributed by atoms with E-state index in [-0.39, 0.29) is 5.56 Å². The van der Waals surface area contributed by atoms with Gasteiger partial charge in [0, 0.05) is 29.0 Å². The van der Waals surface area contributed by atoms with Crippen molar-refractivity contribution in [3.05, 3.63) is 57.6 Å². The van der Waals surface area contributed by atoms with Gasteiger partial charge in [-0.25, -0.2) is 4.98 Å². The Hall–Kier alpha value is -2.27. The summed E-state index contributed by atoms with van der Waals surface area (Å²) >= 11 is 1.50. The lowest BCUT2D eigenvalue weighted by Crippen LogP contribution is -2.09. The average Bonchev–Trinajstić information content (AvgIpc) is 3.25. The molecule has 22 heavy (non-hydrogen) atoms. The summed E-state index contributed by atoms with van der Waals surface area (Å²) in [6.07, 6.45) is 6.21. The predicted octanol–water partition coefficient (Wildman–Crippen LogP) is 3.75. The van der Waals surface area contributed by atoms with Gasteiger partial charge in [0.05, 0.1) is 11.3 Å². The van der Waals surface area contributed by atoms with Gasteiger partial charge in [-0.15, -0.1) is 11.3 Å². The van der Waals surface area contributed by atoms with E-state index in [1.165, 1.54) is 29.7 Å². The normalized spacial score (nSPS) is 14.2. The molecule has 1 aliphatic carbocycles. The summed E-state index contributed by atoms with van der Waals surface area (Å²) < 4.78 is 0. The van der Waals surface area contributed by atoms with Crippen LogP contribution >= 0.6 is 11.3 Å². The Labute approximate surface area is 131 Å². The molecule has 110 valence electrons. The third-order valence-corrected chi connectivity index (χ3v) is 4.81. The molecule has 0 aliphatic heterocycles. The van der Waals surface area contributed by atoms with E-state index in [4.69, 9.17) is 0 Å². The molecule has 3 aromatic rings. The van der Waals surface area contributed by atoms with E-state index in [9.17, 15) is 4.79 Å². The van der Waals surface area contributed by atoms with Crippen LogP contribution in [0, 0.1) is 6.92 Å². The fraction of sp³-hybridized carbons (Fsp3) is 0.235. The smallest absolute Gasteiger partial charge is 0.258 e. The van der Waals surface area contributed by atoms with Crippen LogP contribution in [0.25, 0.3) is 21.8 Å². The molecule has 1 aliphatic rings. The van der Waals surface area contributed by atoms with Crippen LogP contribution in [0.5, 0.6) is 0 Å². The van der Waals surface area contributed by atoms with Gasteiger partial charge in [0.15, 0.2) is 0 Å². The van der Waals surface area contributed by atoms with Gasteiger partial charge in [0.2, 0.25) is 0 Å². The standard InChI is InChI=1S/C17H15N3OS/c1-10-2-5-13(16(21)19-10)17-20-15(9-22-17)14-8-18-7-6-12(14)11-3-4-11/h2,5-9,11H,3-4H2,1H3,(H,19,21). The van der Waals surface area contributed by atoms with E-state index in [0.29, 0.717) is 11.5 Å². The minimum atomic E-state index is -0.0884. The zero-order chi connectivity index (χ0) is 15.1. The fourth-order valence-corrected chi connectivity index (χ4v) is 3.47. The van der Waals surface area contributed by atoms with Crippen LogP contribution in [-0.2, 0) is 0 Å². The van der Waals surface area contributed by atoms with Gasteiger partial charge >= 0.3 is 0 Å². The SMILES string of the molecule is Cc1ccc(-c2nc(-c3cnccc3C3CC3)cs2)c(=O)[nH]1. The highest BCUT2D eigenvalue weighted by molar-refractivity contribution is 7.13. The molecule has 1 N–H and O–H groups in total. The molecule has 3 heterocycles. The first-order valence-electron chi connectivity index (χ1n) is 7.32. The molecular formula is C17H15N3OS. The molecule has 0 aromatic carbocycles. The van der Waals surface area contributed by atoms with Crippen LogP contribution in [0.1, 0.15) is 30.0 Å². The molecule has 1 saturated carbocycles. The van der Waals surface area contributed by atoms with Crippen LogP contribution in [0.15, 0.2) is 40.8 Å². The molecule has 0 radical (unpaired) electrons. The maximum absolute atomic E-state index is 12.1. The van der Waals surface area contributed by atoms with Crippen molar-refractivity contribution in [3.8, 4) is 21.8 Å². The zero-order valence-electron chi connectivity index (χ0n) is 12.2. The van der Waals surface area contributed by atoms with Gasteiger partial charge in [-0.1, -0.05) is 0 Å². The number of H-pyrrole nitrogens is 1. The Kier molecular flexibility index (Phi) is 3.15. The number of aromatic nitrogens is 3. The second-order valence-electron chi connectivity index (χ2n) is 5.66. The molecule has 4 rings (SSSR count). The largest absolute Gasteiger partial charge is 0.326 e. The summed E-state index contributed by atoms with van der Waals surface area (Å²) in [7, 11) is 0. The van der Waals surface area contributed by atoms with Crippen LogP contribution in [0.4, 0.5) is 0 Å². The third kappa shape index (κ3) is 2.37. The van der Waals surface area contributed by atoms with Crippen molar-refractivity contribution in [3.63, 3.8) is 0 Å². The minimum Gasteiger partial charge on any atom is -0.326 e. The second-order valence-corrected chi connectivity index (χ2v) is 6.52. The molecule has 4 nitrogen and oxygen atoms in total. The van der Waals surface area contributed by atoms with Crippen LogP contribution in [-0.4, -0.2) is 15.0 Å². The molecule has 0 saturated heterocycles. The van der Waals surface area contributed by atoms with Crippen LogP contribution in [0.2, 0.25) is 0 Å². The highest BCUT2D eigenvalue weighted by Gasteiger charge is 2.27. The van der Waals surface area contributed by atoms with Crippen molar-refractivity contribution < 1.29 is 0 Å². The van der Waals surface area contributed by atoms with Crippen molar-refractivity contribution >= 4 is 11.3 Å². The van der Waals surface area contributed by atoms with Crippen molar-refractivity contribution in [1.29, 1.82) is 0 Å². The number of hydrogen-bond acceptors (Lipinski definition) is 4. The van der Waals surface area contributed by atoms with Gasteiger partial charge in [-0.3, -0.25) is 9.78 Å². The monoisotopic (exact) mass is 309 g/mol. The fourth-order valence-electron chi connectivity index (χ4n) is 2.63. The van der Waals surface area contributed by atoms with E-state index in [1.807, 2.05) is 36.8 Å². The Balaban J connectivity index is 1.77. The number of nitrogens with zero attached hydrogens (tertiary/aromatic N) is 2. The lowest BCUT2D eigenvalue weighted by atomic mass is 10.0. The van der Waals surface area contributed by atoms with E-state index >= 15 is 0 Å². The topological polar surface area (TPSA) is 58.6 Å². The maximum Gasteiger partial charge on any atom is 0.258 e. The molecule has 3 aromatic heterocycles. The first-order valence-corrected chi connectivity index (χ1v) is 8.20. The Morgan fingerprint density at radius 1 is 1.23 bits per heavy atom. The second kappa shape index (κ2) is 5.18. The summed E-state index contributed by atoms with van der Waals surface area (Å²) in [5.74, 6) is 0.644. The summed E-state index contributed by atoms with van der Waals surface area (Å²) in [4.78, 5) is 23.8. The summed E-state index contributed by atoms with van der Waals surface area (Å²) in [5.41, 5.74) is 4.72. The Bertz CT molecular complexity index is 893. The van der Waals surface area contributed by atoms with Crippen molar-refractivity contribution in [2.45, 2.75) is 25.7 Å². The molecule has 0 bridgehead atoms. The number of rotatable bonds is 3. The quantitative estimate of drug-likeness (QED) is 0.801. The number of nitrogens with one attached hydrogen (secondary N) is 1. The summed E-state index contributed by atoms with van der Waals surface area (Å²) in [5, 5.41) is 2.76. The molecular weight excluding hydrogens is 294 g/mol. The highest BCUT2D eigenvalue weighted by atomic mass is 32.1. The third-order valence-electron chi connectivity index (χ3n) is 3.94. The van der Waals surface area contributed by atoms with Crippen LogP contribution in [0.3, 0.4) is 0 Å². The Morgan fingerprint density at radius 3 is 2.86 bits per heavy atom. The molecule has 0 spiro atoms. The minimum absolute atomic E-state index is 0.0884. The maximum atomic E-state index is 12.1. The first kappa shape index (κ1) is 13.4. The highest BCUT2D eigenvalue weighted by Crippen LogP contribution is 2.44. The molecule has 0 atom stereocenters. The van der Waals surface area contributed by atoms with Crippen molar-refractivity contribution in [2.24, 2.45) is 0 Å². The number of aromatic amines is 1. The van der Waals surface area contributed by atoms with Gasteiger partial charge in [-0.05, 0) is 49.4 Å². The summed E-state index contributed by atoms with van der Waals surface area (Å²) in [6, 6.07) is 5.82. The number of aryl methyl sites for hydroxylation is 1. The Morgan fingerprint density at radius 2 is 2.09 bits per heavy atom. The predicted molar refractivity (Wildman–Crippen MR) is 88.1 cm³/mol. The van der Waals surface area contributed by atoms with Gasteiger partial charge < -0.3 is 4.98 Å². The van der Waals surface area contributed by atoms with E-state index in [2.05, 4.69) is 21.0 Å². The molecule has 0 amide bonds. The van der Waals surface area contributed by atoms with Crippen molar-refractivity contribution in [1.82, 2.24) is 15.0 Å². The van der Waals surface area contributed by atoms with E-state index in [1.54, 1.807) is 0 Å². The molecule has 1 fully saturated rings. The lowest BCUT2D eigenvalue weighted by Gasteiger charge is -2.04. The number of thiazole rings is 1. The molecule has 5 heteroatoms. The summed E-state index contributed by atoms with van der Waals surface area (Å²) in [6.45, 7) is 1.87. The number of hydrogen-bond donors (Lipinski definition) is 1. The van der Waals surface area contributed by atoms with E-state index < -0.39 is 0 Å². The van der Waals surface area contributed by atoms with Gasteiger partial charge in [0.25, 0.3) is 5.56 Å². The van der Waals surface area contributed by atoms with Crippen LogP contribution < -0.4 is 5.56 Å². The van der Waals surface area contributed by atoms with Crippen molar-refractivity contribution in [2.75, 3.05) is 0 Å². The van der Waals surface area contributed by atoms with Gasteiger partial charge in [0.1, 0.15) is 5.01 Å². The van der Waals surface area contributed by atoms with Gasteiger partial charge in [-0.2, -0.15) is 0 Å². The van der Waals surface area contributed by atoms with E-state index in [0.717, 1.165) is 22.0 Å². The first-order chi connectivity index (χ1) is 10.7. The zero-order valence-corrected chi connectivity index (χ0v) is 13.0. The number of pyridine rings is 2.